The number of hydrogen-bond acceptors (Lipinski definition) is 5. The van der Waals surface area contributed by atoms with Crippen molar-refractivity contribution < 1.29 is 27.1 Å². The highest BCUT2D eigenvalue weighted by Gasteiger charge is 2.24. The van der Waals surface area contributed by atoms with Gasteiger partial charge in [0.2, 0.25) is 10.0 Å². The second-order valence-electron chi connectivity index (χ2n) is 6.09. The second kappa shape index (κ2) is 9.08. The Kier molecular flexibility index (Phi) is 7.23. The van der Waals surface area contributed by atoms with Crippen LogP contribution in [0, 0.1) is 5.82 Å². The van der Waals surface area contributed by atoms with Crippen molar-refractivity contribution >= 4 is 50.8 Å². The number of rotatable bonds is 6. The zero-order valence-corrected chi connectivity index (χ0v) is 17.9. The van der Waals surface area contributed by atoms with Crippen LogP contribution in [0.1, 0.15) is 17.3 Å². The summed E-state index contributed by atoms with van der Waals surface area (Å²) in [6.45, 7) is 1.30. The monoisotopic (exact) mass is 462 g/mol. The van der Waals surface area contributed by atoms with Crippen LogP contribution in [-0.4, -0.2) is 44.8 Å². The lowest BCUT2D eigenvalue weighted by Gasteiger charge is -2.16. The minimum absolute atomic E-state index is 0.0264. The molecule has 0 unspecified atom stereocenters. The van der Waals surface area contributed by atoms with E-state index in [4.69, 9.17) is 27.9 Å². The zero-order valence-electron chi connectivity index (χ0n) is 15.6. The first kappa shape index (κ1) is 23.1. The first-order valence-electron chi connectivity index (χ1n) is 8.12. The molecule has 11 heteroatoms. The lowest BCUT2D eigenvalue weighted by molar-refractivity contribution is -0.123. The van der Waals surface area contributed by atoms with Crippen LogP contribution < -0.4 is 5.32 Å². The van der Waals surface area contributed by atoms with E-state index in [1.54, 1.807) is 0 Å². The van der Waals surface area contributed by atoms with Gasteiger partial charge in [-0.2, -0.15) is 0 Å². The van der Waals surface area contributed by atoms with Gasteiger partial charge in [-0.3, -0.25) is 4.79 Å². The summed E-state index contributed by atoms with van der Waals surface area (Å²) in [6, 6.07) is 6.95. The van der Waals surface area contributed by atoms with Gasteiger partial charge in [-0.15, -0.1) is 0 Å². The summed E-state index contributed by atoms with van der Waals surface area (Å²) in [5.41, 5.74) is -0.0767. The SMILES string of the molecule is C[C@@H](OC(=O)c1cc(S(=O)(=O)N(C)C)ccc1Cl)C(=O)Nc1ccc(F)cc1Cl. The Morgan fingerprint density at radius 2 is 1.76 bits per heavy atom. The van der Waals surface area contributed by atoms with Crippen molar-refractivity contribution in [2.75, 3.05) is 19.4 Å². The van der Waals surface area contributed by atoms with Crippen LogP contribution in [0.15, 0.2) is 41.3 Å². The third kappa shape index (κ3) is 5.45. The number of sulfonamides is 1. The Labute approximate surface area is 177 Å². The van der Waals surface area contributed by atoms with Gasteiger partial charge >= 0.3 is 5.97 Å². The van der Waals surface area contributed by atoms with Crippen molar-refractivity contribution in [3.8, 4) is 0 Å². The number of amides is 1. The van der Waals surface area contributed by atoms with Crippen LogP contribution in [0.2, 0.25) is 10.0 Å². The Balaban J connectivity index is 2.17. The number of benzene rings is 2. The number of carbonyl (C=O) groups is 2. The topological polar surface area (TPSA) is 92.8 Å². The molecule has 156 valence electrons. The fourth-order valence-corrected chi connectivity index (χ4v) is 3.47. The van der Waals surface area contributed by atoms with Crippen molar-refractivity contribution in [2.24, 2.45) is 0 Å². The van der Waals surface area contributed by atoms with Gasteiger partial charge in [0.15, 0.2) is 6.10 Å². The number of anilines is 1. The third-order valence-corrected chi connectivity index (χ3v) is 6.23. The lowest BCUT2D eigenvalue weighted by atomic mass is 10.2. The number of halogens is 3. The van der Waals surface area contributed by atoms with E-state index in [0.717, 1.165) is 22.5 Å². The second-order valence-corrected chi connectivity index (χ2v) is 9.06. The van der Waals surface area contributed by atoms with Gasteiger partial charge in [-0.05, 0) is 43.3 Å². The van der Waals surface area contributed by atoms with Crippen molar-refractivity contribution in [3.05, 3.63) is 57.8 Å². The molecular formula is C18H17Cl2FN2O5S. The van der Waals surface area contributed by atoms with Crippen LogP contribution in [0.25, 0.3) is 0 Å². The average Bonchev–Trinajstić information content (AvgIpc) is 2.63. The van der Waals surface area contributed by atoms with E-state index >= 15 is 0 Å². The van der Waals surface area contributed by atoms with E-state index in [9.17, 15) is 22.4 Å². The van der Waals surface area contributed by atoms with Crippen LogP contribution in [0.5, 0.6) is 0 Å². The molecule has 0 aliphatic heterocycles. The molecule has 0 heterocycles. The highest BCUT2D eigenvalue weighted by molar-refractivity contribution is 7.89. The molecule has 2 aromatic rings. The quantitative estimate of drug-likeness (QED) is 0.662. The molecule has 0 aliphatic rings. The van der Waals surface area contributed by atoms with Crippen LogP contribution in [0.4, 0.5) is 10.1 Å². The molecule has 1 atom stereocenters. The molecule has 0 aromatic heterocycles. The maximum Gasteiger partial charge on any atom is 0.340 e. The number of esters is 1. The van der Waals surface area contributed by atoms with Crippen molar-refractivity contribution in [1.29, 1.82) is 0 Å². The predicted octanol–water partition coefficient (Wildman–Crippen LogP) is 3.57. The Hall–Kier alpha value is -2.20. The maximum atomic E-state index is 13.1. The summed E-state index contributed by atoms with van der Waals surface area (Å²) in [6.07, 6.45) is -1.27. The van der Waals surface area contributed by atoms with E-state index in [0.29, 0.717) is 0 Å². The number of nitrogens with one attached hydrogen (secondary N) is 1. The van der Waals surface area contributed by atoms with Crippen LogP contribution in [0.3, 0.4) is 0 Å². The lowest BCUT2D eigenvalue weighted by Crippen LogP contribution is -2.30. The van der Waals surface area contributed by atoms with Crippen molar-refractivity contribution in [3.63, 3.8) is 0 Å². The molecule has 0 fully saturated rings. The fraction of sp³-hybridized carbons (Fsp3) is 0.222. The molecule has 0 saturated heterocycles. The summed E-state index contributed by atoms with van der Waals surface area (Å²) in [5.74, 6) is -2.28. The molecule has 0 saturated carbocycles. The molecule has 2 aromatic carbocycles. The van der Waals surface area contributed by atoms with E-state index in [-0.39, 0.29) is 26.2 Å². The molecule has 29 heavy (non-hydrogen) atoms. The van der Waals surface area contributed by atoms with E-state index in [2.05, 4.69) is 5.32 Å². The molecule has 0 aliphatic carbocycles. The molecule has 1 N–H and O–H groups in total. The third-order valence-electron chi connectivity index (χ3n) is 3.78. The van der Waals surface area contributed by atoms with Gasteiger partial charge in [0.25, 0.3) is 5.91 Å². The highest BCUT2D eigenvalue weighted by atomic mass is 35.5. The first-order chi connectivity index (χ1) is 13.4. The summed E-state index contributed by atoms with van der Waals surface area (Å²) < 4.78 is 43.6. The fourth-order valence-electron chi connectivity index (χ4n) is 2.13. The Morgan fingerprint density at radius 1 is 1.10 bits per heavy atom. The number of nitrogens with zero attached hydrogens (tertiary/aromatic N) is 1. The predicted molar refractivity (Wildman–Crippen MR) is 107 cm³/mol. The molecule has 0 bridgehead atoms. The van der Waals surface area contributed by atoms with Gasteiger partial charge in [-0.1, -0.05) is 23.2 Å². The maximum absolute atomic E-state index is 13.1. The standard InChI is InChI=1S/C18H17Cl2FN2O5S/c1-10(17(24)22-16-7-4-11(21)8-15(16)20)28-18(25)13-9-12(5-6-14(13)19)29(26,27)23(2)3/h4-10H,1-3H3,(H,22,24)/t10-/m1/s1. The normalized spacial score (nSPS) is 12.5. The number of hydrogen-bond donors (Lipinski definition) is 1. The minimum atomic E-state index is -3.80. The molecule has 1 amide bonds. The molecule has 2 rings (SSSR count). The molecule has 0 spiro atoms. The molecule has 0 radical (unpaired) electrons. The van der Waals surface area contributed by atoms with Gasteiger partial charge in [0.05, 0.1) is 26.2 Å². The van der Waals surface area contributed by atoms with Gasteiger partial charge in [-0.25, -0.2) is 21.9 Å². The Bertz CT molecular complexity index is 1060. The van der Waals surface area contributed by atoms with E-state index in [1.165, 1.54) is 39.2 Å². The van der Waals surface area contributed by atoms with Crippen molar-refractivity contribution in [1.82, 2.24) is 4.31 Å². The zero-order chi connectivity index (χ0) is 21.9. The largest absolute Gasteiger partial charge is 0.449 e. The Morgan fingerprint density at radius 3 is 2.34 bits per heavy atom. The summed E-state index contributed by atoms with van der Waals surface area (Å²) in [7, 11) is -1.12. The van der Waals surface area contributed by atoms with Crippen LogP contribution >= 0.6 is 23.2 Å². The molecular weight excluding hydrogens is 446 g/mol. The smallest absolute Gasteiger partial charge is 0.340 e. The van der Waals surface area contributed by atoms with Gasteiger partial charge in [0.1, 0.15) is 5.82 Å². The van der Waals surface area contributed by atoms with E-state index < -0.39 is 33.8 Å². The summed E-state index contributed by atoms with van der Waals surface area (Å²) in [5, 5.41) is 2.34. The van der Waals surface area contributed by atoms with Gasteiger partial charge < -0.3 is 10.1 Å². The van der Waals surface area contributed by atoms with Gasteiger partial charge in [0, 0.05) is 14.1 Å². The highest BCUT2D eigenvalue weighted by Crippen LogP contribution is 2.25. The summed E-state index contributed by atoms with van der Waals surface area (Å²) >= 11 is 11.8. The number of carbonyl (C=O) groups excluding carboxylic acids is 2. The minimum Gasteiger partial charge on any atom is -0.449 e. The van der Waals surface area contributed by atoms with Crippen LogP contribution in [-0.2, 0) is 19.6 Å². The number of ether oxygens (including phenoxy) is 1. The molecule has 7 nitrogen and oxygen atoms in total. The average molecular weight is 463 g/mol. The first-order valence-corrected chi connectivity index (χ1v) is 10.3. The summed E-state index contributed by atoms with van der Waals surface area (Å²) in [4.78, 5) is 24.5. The van der Waals surface area contributed by atoms with E-state index in [1.807, 2.05) is 0 Å². The van der Waals surface area contributed by atoms with Crippen molar-refractivity contribution in [2.45, 2.75) is 17.9 Å².